The van der Waals surface area contributed by atoms with Crippen LogP contribution in [-0.4, -0.2) is 45.1 Å². The van der Waals surface area contributed by atoms with Crippen molar-refractivity contribution >= 4 is 41.5 Å². The summed E-state index contributed by atoms with van der Waals surface area (Å²) in [6, 6.07) is 13.6. The summed E-state index contributed by atoms with van der Waals surface area (Å²) < 4.78 is 10.7. The Balaban J connectivity index is 0.00000480. The Morgan fingerprint density at radius 1 is 1.10 bits per heavy atom. The molecular weight excluding hydrogens is 507 g/mol. The lowest BCUT2D eigenvalue weighted by Crippen LogP contribution is -2.38. The predicted molar refractivity (Wildman–Crippen MR) is 137 cm³/mol. The minimum absolute atomic E-state index is 0. The van der Waals surface area contributed by atoms with Gasteiger partial charge < -0.3 is 25.0 Å². The number of nitrogens with zero attached hydrogens (tertiary/aromatic N) is 2. The lowest BCUT2D eigenvalue weighted by molar-refractivity contribution is -0.116. The molecule has 7 nitrogen and oxygen atoms in total. The zero-order valence-electron chi connectivity index (χ0n) is 18.9. The van der Waals surface area contributed by atoms with Crippen LogP contribution < -0.4 is 20.1 Å². The van der Waals surface area contributed by atoms with Crippen molar-refractivity contribution in [3.05, 3.63) is 53.6 Å². The Hall–Kier alpha value is -2.49. The number of guanidine groups is 1. The smallest absolute Gasteiger partial charge is 0.224 e. The summed E-state index contributed by atoms with van der Waals surface area (Å²) in [6.45, 7) is 3.25. The summed E-state index contributed by atoms with van der Waals surface area (Å²) in [5, 5.41) is 6.27. The van der Waals surface area contributed by atoms with Gasteiger partial charge in [0.1, 0.15) is 11.5 Å². The second-order valence-electron chi connectivity index (χ2n) is 6.93. The van der Waals surface area contributed by atoms with Gasteiger partial charge in [-0.25, -0.2) is 0 Å². The van der Waals surface area contributed by atoms with Crippen LogP contribution >= 0.6 is 24.0 Å². The van der Waals surface area contributed by atoms with Crippen LogP contribution in [0.4, 0.5) is 5.69 Å². The van der Waals surface area contributed by atoms with Crippen molar-refractivity contribution in [1.29, 1.82) is 0 Å². The van der Waals surface area contributed by atoms with Gasteiger partial charge in [0.25, 0.3) is 0 Å². The summed E-state index contributed by atoms with van der Waals surface area (Å²) in [4.78, 5) is 18.1. The average Bonchev–Trinajstić information content (AvgIpc) is 2.75. The SMILES string of the molecule is CCCC(=O)Nc1ccc(CNC(=NC)N(C)Cc2ccc(OC)cc2OC)cc1.I. The van der Waals surface area contributed by atoms with Crippen LogP contribution in [0.5, 0.6) is 11.5 Å². The third kappa shape index (κ3) is 8.28. The fourth-order valence-electron chi connectivity index (χ4n) is 3.04. The Kier molecular flexibility index (Phi) is 11.8. The number of carbonyl (C=O) groups is 1. The van der Waals surface area contributed by atoms with Crippen LogP contribution in [0.3, 0.4) is 0 Å². The number of hydrogen-bond acceptors (Lipinski definition) is 4. The van der Waals surface area contributed by atoms with Gasteiger partial charge in [0, 0.05) is 50.9 Å². The summed E-state index contributed by atoms with van der Waals surface area (Å²) in [7, 11) is 7.03. The molecule has 1 amide bonds. The van der Waals surface area contributed by atoms with Crippen LogP contribution in [0, 0.1) is 0 Å². The van der Waals surface area contributed by atoms with E-state index < -0.39 is 0 Å². The summed E-state index contributed by atoms with van der Waals surface area (Å²) in [6.07, 6.45) is 1.37. The van der Waals surface area contributed by atoms with Crippen molar-refractivity contribution in [1.82, 2.24) is 10.2 Å². The zero-order chi connectivity index (χ0) is 21.9. The van der Waals surface area contributed by atoms with Crippen molar-refractivity contribution in [3.8, 4) is 11.5 Å². The molecule has 0 aliphatic heterocycles. The van der Waals surface area contributed by atoms with E-state index in [0.717, 1.165) is 40.7 Å². The van der Waals surface area contributed by atoms with E-state index in [4.69, 9.17) is 9.47 Å². The van der Waals surface area contributed by atoms with Crippen molar-refractivity contribution in [2.75, 3.05) is 33.6 Å². The van der Waals surface area contributed by atoms with E-state index in [0.29, 0.717) is 19.5 Å². The normalized spacial score (nSPS) is 10.7. The molecule has 2 aromatic carbocycles. The van der Waals surface area contributed by atoms with Crippen LogP contribution in [-0.2, 0) is 17.9 Å². The quantitative estimate of drug-likeness (QED) is 0.283. The van der Waals surface area contributed by atoms with Gasteiger partial charge in [-0.1, -0.05) is 19.1 Å². The van der Waals surface area contributed by atoms with Crippen molar-refractivity contribution in [2.45, 2.75) is 32.9 Å². The molecule has 0 unspecified atom stereocenters. The van der Waals surface area contributed by atoms with Gasteiger partial charge in [-0.15, -0.1) is 24.0 Å². The Labute approximate surface area is 202 Å². The third-order valence-corrected chi connectivity index (χ3v) is 4.64. The molecule has 2 aromatic rings. The Bertz CT molecular complexity index is 856. The Morgan fingerprint density at radius 3 is 2.39 bits per heavy atom. The first-order valence-corrected chi connectivity index (χ1v) is 10.0. The molecule has 0 heterocycles. The standard InChI is InChI=1S/C23H32N4O3.HI/c1-6-7-22(28)26-19-11-8-17(9-12-19)15-25-23(24-2)27(3)16-18-10-13-20(29-4)14-21(18)30-5;/h8-14H,6-7,15-16H2,1-5H3,(H,24,25)(H,26,28);1H. The van der Waals surface area contributed by atoms with Crippen LogP contribution in [0.15, 0.2) is 47.5 Å². The molecule has 31 heavy (non-hydrogen) atoms. The van der Waals surface area contributed by atoms with Gasteiger partial charge in [0.2, 0.25) is 5.91 Å². The molecule has 0 bridgehead atoms. The summed E-state index contributed by atoms with van der Waals surface area (Å²) >= 11 is 0. The molecular formula is C23H33IN4O3. The second-order valence-corrected chi connectivity index (χ2v) is 6.93. The maximum atomic E-state index is 11.7. The van der Waals surface area contributed by atoms with E-state index in [1.807, 2.05) is 61.3 Å². The number of benzene rings is 2. The van der Waals surface area contributed by atoms with Crippen molar-refractivity contribution in [3.63, 3.8) is 0 Å². The minimum Gasteiger partial charge on any atom is -0.497 e. The van der Waals surface area contributed by atoms with Crippen molar-refractivity contribution < 1.29 is 14.3 Å². The first-order valence-electron chi connectivity index (χ1n) is 10.0. The molecule has 0 spiro atoms. The molecule has 2 N–H and O–H groups in total. The number of methoxy groups -OCH3 is 2. The maximum absolute atomic E-state index is 11.7. The molecule has 0 aromatic heterocycles. The molecule has 8 heteroatoms. The van der Waals surface area contributed by atoms with Crippen LogP contribution in [0.2, 0.25) is 0 Å². The number of ether oxygens (including phenoxy) is 2. The summed E-state index contributed by atoms with van der Waals surface area (Å²) in [5.41, 5.74) is 2.95. The fraction of sp³-hybridized carbons (Fsp3) is 0.391. The monoisotopic (exact) mass is 540 g/mol. The van der Waals surface area contributed by atoms with E-state index in [1.54, 1.807) is 21.3 Å². The number of rotatable bonds is 9. The summed E-state index contributed by atoms with van der Waals surface area (Å²) in [5.74, 6) is 2.35. The van der Waals surface area contributed by atoms with Gasteiger partial charge in [-0.3, -0.25) is 9.79 Å². The molecule has 0 aliphatic carbocycles. The first-order chi connectivity index (χ1) is 14.5. The van der Waals surface area contributed by atoms with Gasteiger partial charge in [0.15, 0.2) is 5.96 Å². The van der Waals surface area contributed by atoms with E-state index in [1.165, 1.54) is 0 Å². The lowest BCUT2D eigenvalue weighted by Gasteiger charge is -2.23. The highest BCUT2D eigenvalue weighted by Crippen LogP contribution is 2.25. The lowest BCUT2D eigenvalue weighted by atomic mass is 10.2. The molecule has 170 valence electrons. The molecule has 0 saturated carbocycles. The predicted octanol–water partition coefficient (Wildman–Crippen LogP) is 4.27. The van der Waals surface area contributed by atoms with E-state index in [-0.39, 0.29) is 29.9 Å². The minimum atomic E-state index is 0. The van der Waals surface area contributed by atoms with Gasteiger partial charge in [-0.05, 0) is 36.2 Å². The topological polar surface area (TPSA) is 75.2 Å². The molecule has 0 saturated heterocycles. The van der Waals surface area contributed by atoms with E-state index in [9.17, 15) is 4.79 Å². The second kappa shape index (κ2) is 13.7. The third-order valence-electron chi connectivity index (χ3n) is 4.64. The number of hydrogen-bond donors (Lipinski definition) is 2. The number of halogens is 1. The molecule has 0 fully saturated rings. The van der Waals surface area contributed by atoms with Gasteiger partial charge in [0.05, 0.1) is 14.2 Å². The average molecular weight is 540 g/mol. The number of nitrogens with one attached hydrogen (secondary N) is 2. The largest absolute Gasteiger partial charge is 0.497 e. The highest BCUT2D eigenvalue weighted by Gasteiger charge is 2.11. The highest BCUT2D eigenvalue weighted by atomic mass is 127. The van der Waals surface area contributed by atoms with Crippen molar-refractivity contribution in [2.24, 2.45) is 4.99 Å². The van der Waals surface area contributed by atoms with E-state index >= 15 is 0 Å². The first kappa shape index (κ1) is 26.5. The Morgan fingerprint density at radius 2 is 1.81 bits per heavy atom. The maximum Gasteiger partial charge on any atom is 0.224 e. The van der Waals surface area contributed by atoms with E-state index in [2.05, 4.69) is 15.6 Å². The number of carbonyl (C=O) groups excluding carboxylic acids is 1. The number of amides is 1. The number of aliphatic imine (C=N–C) groups is 1. The molecule has 0 aliphatic rings. The molecule has 0 atom stereocenters. The molecule has 2 rings (SSSR count). The van der Waals surface area contributed by atoms with Crippen LogP contribution in [0.25, 0.3) is 0 Å². The van der Waals surface area contributed by atoms with Gasteiger partial charge in [-0.2, -0.15) is 0 Å². The molecule has 0 radical (unpaired) electrons. The number of anilines is 1. The zero-order valence-corrected chi connectivity index (χ0v) is 21.2. The van der Waals surface area contributed by atoms with Crippen LogP contribution in [0.1, 0.15) is 30.9 Å². The van der Waals surface area contributed by atoms with Gasteiger partial charge >= 0.3 is 0 Å². The highest BCUT2D eigenvalue weighted by molar-refractivity contribution is 14.0. The fourth-order valence-corrected chi connectivity index (χ4v) is 3.04.